The summed E-state index contributed by atoms with van der Waals surface area (Å²) in [4.78, 5) is 56.8. The third-order valence-electron chi connectivity index (χ3n) is 9.87. The number of esters is 1. The lowest BCUT2D eigenvalue weighted by atomic mass is 9.46. The zero-order valence-corrected chi connectivity index (χ0v) is 23.3. The number of hydrogen-bond donors (Lipinski definition) is 1. The molecule has 9 nitrogen and oxygen atoms in total. The van der Waals surface area contributed by atoms with Crippen molar-refractivity contribution in [1.29, 1.82) is 0 Å². The molecule has 5 fully saturated rings. The summed E-state index contributed by atoms with van der Waals surface area (Å²) < 4.78 is 11.5. The average Bonchev–Trinajstić information content (AvgIpc) is 3.51. The van der Waals surface area contributed by atoms with Gasteiger partial charge in [0.2, 0.25) is 11.8 Å². The number of carbonyl (C=O) groups excluding carboxylic acids is 4. The van der Waals surface area contributed by atoms with E-state index in [2.05, 4.69) is 5.32 Å². The first-order chi connectivity index (χ1) is 19.3. The molecule has 1 N–H and O–H groups in total. The second-order valence-electron chi connectivity index (χ2n) is 12.4. The molecule has 2 atom stereocenters. The molecular formula is C30H33N3O6S. The van der Waals surface area contributed by atoms with E-state index in [0.717, 1.165) is 35.5 Å². The van der Waals surface area contributed by atoms with E-state index < -0.39 is 11.9 Å². The van der Waals surface area contributed by atoms with Gasteiger partial charge in [-0.25, -0.2) is 4.98 Å². The fourth-order valence-corrected chi connectivity index (χ4v) is 9.66. The van der Waals surface area contributed by atoms with Crippen LogP contribution in [0.25, 0.3) is 0 Å². The molecule has 210 valence electrons. The molecular weight excluding hydrogens is 530 g/mol. The first-order valence-electron chi connectivity index (χ1n) is 14.2. The highest BCUT2D eigenvalue weighted by atomic mass is 32.1. The zero-order valence-electron chi connectivity index (χ0n) is 22.5. The first-order valence-corrected chi connectivity index (χ1v) is 15.1. The predicted molar refractivity (Wildman–Crippen MR) is 144 cm³/mol. The fourth-order valence-electron chi connectivity index (χ4n) is 8.63. The van der Waals surface area contributed by atoms with Crippen LogP contribution in [0.2, 0.25) is 0 Å². The monoisotopic (exact) mass is 563 g/mol. The zero-order chi connectivity index (χ0) is 27.6. The summed E-state index contributed by atoms with van der Waals surface area (Å²) in [5.74, 6) is 1.20. The van der Waals surface area contributed by atoms with Gasteiger partial charge in [-0.15, -0.1) is 11.3 Å². The van der Waals surface area contributed by atoms with Crippen LogP contribution in [0.4, 0.5) is 0 Å². The van der Waals surface area contributed by atoms with E-state index in [-0.39, 0.29) is 48.7 Å². The summed E-state index contributed by atoms with van der Waals surface area (Å²) in [5.41, 5.74) is 1.92. The molecule has 4 bridgehead atoms. The summed E-state index contributed by atoms with van der Waals surface area (Å²) in [5, 5.41) is 5.10. The Bertz CT molecular complexity index is 1370. The van der Waals surface area contributed by atoms with Crippen molar-refractivity contribution in [2.24, 2.45) is 23.2 Å². The van der Waals surface area contributed by atoms with Crippen molar-refractivity contribution in [3.63, 3.8) is 0 Å². The number of nitrogens with one attached hydrogen (secondary N) is 1. The maximum Gasteiger partial charge on any atom is 0.316 e. The van der Waals surface area contributed by atoms with Crippen LogP contribution < -0.4 is 10.1 Å². The van der Waals surface area contributed by atoms with Gasteiger partial charge in [0.05, 0.1) is 19.3 Å². The van der Waals surface area contributed by atoms with Gasteiger partial charge in [0.1, 0.15) is 29.3 Å². The van der Waals surface area contributed by atoms with Crippen LogP contribution in [-0.2, 0) is 32.3 Å². The van der Waals surface area contributed by atoms with E-state index in [0.29, 0.717) is 35.5 Å². The highest BCUT2D eigenvalue weighted by Crippen LogP contribution is 2.65. The summed E-state index contributed by atoms with van der Waals surface area (Å²) >= 11 is 1.50. The SMILES string of the molecule is COC(=O)C(c1nc(COc2cccc3c2CN(C2CCC(=O)NC2=O)C3=O)cs1)C12CC3CC(CC(C3)C1)C2. The van der Waals surface area contributed by atoms with Gasteiger partial charge in [0.15, 0.2) is 0 Å². The highest BCUT2D eigenvalue weighted by Gasteiger charge is 2.57. The minimum Gasteiger partial charge on any atom is -0.487 e. The maximum atomic E-state index is 13.2. The summed E-state index contributed by atoms with van der Waals surface area (Å²) in [6, 6.07) is 4.66. The van der Waals surface area contributed by atoms with E-state index >= 15 is 0 Å². The van der Waals surface area contributed by atoms with E-state index in [1.807, 2.05) is 11.4 Å². The van der Waals surface area contributed by atoms with Crippen molar-refractivity contribution in [3.8, 4) is 5.75 Å². The second-order valence-corrected chi connectivity index (χ2v) is 13.3. The lowest BCUT2D eigenvalue weighted by Gasteiger charge is -2.58. The van der Waals surface area contributed by atoms with Crippen LogP contribution >= 0.6 is 11.3 Å². The minimum atomic E-state index is -0.675. The molecule has 1 aromatic heterocycles. The lowest BCUT2D eigenvalue weighted by molar-refractivity contribution is -0.153. The number of amides is 3. The van der Waals surface area contributed by atoms with Gasteiger partial charge in [-0.05, 0) is 80.2 Å². The third kappa shape index (κ3) is 4.22. The van der Waals surface area contributed by atoms with Crippen molar-refractivity contribution < 1.29 is 28.7 Å². The van der Waals surface area contributed by atoms with Crippen LogP contribution in [0.15, 0.2) is 23.6 Å². The third-order valence-corrected chi connectivity index (χ3v) is 10.8. The van der Waals surface area contributed by atoms with E-state index in [4.69, 9.17) is 14.5 Å². The normalized spacial score (nSPS) is 31.2. The van der Waals surface area contributed by atoms with Crippen LogP contribution in [-0.4, -0.2) is 46.7 Å². The molecule has 10 heteroatoms. The Morgan fingerprint density at radius 1 is 1.15 bits per heavy atom. The molecule has 1 saturated heterocycles. The number of imide groups is 1. The highest BCUT2D eigenvalue weighted by molar-refractivity contribution is 7.09. The summed E-state index contributed by atoms with van der Waals surface area (Å²) in [7, 11) is 1.48. The van der Waals surface area contributed by atoms with Crippen molar-refractivity contribution in [3.05, 3.63) is 45.4 Å². The van der Waals surface area contributed by atoms with Crippen LogP contribution in [0, 0.1) is 23.2 Å². The minimum absolute atomic E-state index is 0.0576. The van der Waals surface area contributed by atoms with E-state index in [1.54, 1.807) is 12.1 Å². The Kier molecular flexibility index (Phi) is 6.21. The Morgan fingerprint density at radius 3 is 2.55 bits per heavy atom. The quantitative estimate of drug-likeness (QED) is 0.401. The largest absolute Gasteiger partial charge is 0.487 e. The van der Waals surface area contributed by atoms with Gasteiger partial charge in [-0.3, -0.25) is 24.5 Å². The van der Waals surface area contributed by atoms with E-state index in [9.17, 15) is 19.2 Å². The Balaban J connectivity index is 1.08. The number of carbonyl (C=O) groups is 4. The number of thiazole rings is 1. The van der Waals surface area contributed by atoms with Gasteiger partial charge in [-0.1, -0.05) is 6.07 Å². The van der Waals surface area contributed by atoms with Crippen molar-refractivity contribution >= 4 is 35.0 Å². The molecule has 3 amide bonds. The molecule has 3 heterocycles. The van der Waals surface area contributed by atoms with Crippen LogP contribution in [0.5, 0.6) is 5.75 Å². The number of rotatable bonds is 7. The van der Waals surface area contributed by atoms with Gasteiger partial charge >= 0.3 is 5.97 Å². The molecule has 0 spiro atoms. The number of nitrogens with zero attached hydrogens (tertiary/aromatic N) is 2. The Morgan fingerprint density at radius 2 is 1.88 bits per heavy atom. The van der Waals surface area contributed by atoms with Crippen LogP contribution in [0.3, 0.4) is 0 Å². The Labute approximate surface area is 236 Å². The summed E-state index contributed by atoms with van der Waals surface area (Å²) in [6.07, 6.45) is 7.67. The second kappa shape index (κ2) is 9.68. The molecule has 40 heavy (non-hydrogen) atoms. The molecule has 1 aromatic carbocycles. The van der Waals surface area contributed by atoms with E-state index in [1.165, 1.54) is 42.6 Å². The number of benzene rings is 1. The smallest absolute Gasteiger partial charge is 0.316 e. The van der Waals surface area contributed by atoms with Crippen molar-refractivity contribution in [1.82, 2.24) is 15.2 Å². The number of ether oxygens (including phenoxy) is 2. The standard InChI is InChI=1S/C30H33N3O6S/c1-38-29(37)25(30-10-16-7-17(11-30)9-18(8-16)12-30)27-31-19(15-40-27)14-39-23-4-2-3-20-21(23)13-33(28(20)36)22-5-6-24(34)32-26(22)35/h2-4,15-18,22,25H,5-14H2,1H3,(H,32,34,35). The fraction of sp³-hybridized carbons (Fsp3) is 0.567. The number of aromatic nitrogens is 1. The summed E-state index contributed by atoms with van der Waals surface area (Å²) in [6.45, 7) is 0.448. The van der Waals surface area contributed by atoms with Gasteiger partial charge in [-0.2, -0.15) is 0 Å². The molecule has 4 saturated carbocycles. The average molecular weight is 564 g/mol. The molecule has 2 unspecified atom stereocenters. The molecule has 4 aliphatic carbocycles. The number of piperidine rings is 1. The predicted octanol–water partition coefficient (Wildman–Crippen LogP) is 3.96. The Hall–Kier alpha value is -3.27. The number of hydrogen-bond acceptors (Lipinski definition) is 8. The maximum absolute atomic E-state index is 13.2. The van der Waals surface area contributed by atoms with Crippen LogP contribution in [0.1, 0.15) is 83.9 Å². The van der Waals surface area contributed by atoms with Gasteiger partial charge in [0, 0.05) is 22.9 Å². The molecule has 2 aliphatic heterocycles. The van der Waals surface area contributed by atoms with Crippen molar-refractivity contribution in [2.45, 2.75) is 76.5 Å². The molecule has 8 rings (SSSR count). The first kappa shape index (κ1) is 25.7. The number of fused-ring (bicyclic) bond motifs is 1. The topological polar surface area (TPSA) is 115 Å². The molecule has 2 aromatic rings. The number of methoxy groups -OCH3 is 1. The van der Waals surface area contributed by atoms with Gasteiger partial charge < -0.3 is 14.4 Å². The van der Waals surface area contributed by atoms with Gasteiger partial charge in [0.25, 0.3) is 5.91 Å². The van der Waals surface area contributed by atoms with Crippen molar-refractivity contribution in [2.75, 3.05) is 7.11 Å². The molecule has 6 aliphatic rings. The lowest BCUT2D eigenvalue weighted by Crippen LogP contribution is -2.52. The molecule has 0 radical (unpaired) electrons.